The van der Waals surface area contributed by atoms with Gasteiger partial charge >= 0.3 is 0 Å². The van der Waals surface area contributed by atoms with E-state index in [2.05, 4.69) is 75.5 Å². The summed E-state index contributed by atoms with van der Waals surface area (Å²) in [5.74, 6) is 4.64. The highest BCUT2D eigenvalue weighted by Gasteiger charge is 2.26. The molecule has 0 amide bonds. The van der Waals surface area contributed by atoms with E-state index < -0.39 is 6.43 Å². The molecule has 2 aromatic rings. The molecule has 4 nitrogen and oxygen atoms in total. The van der Waals surface area contributed by atoms with Crippen molar-refractivity contribution in [2.75, 3.05) is 17.4 Å². The minimum atomic E-state index is -2.55. The minimum absolute atomic E-state index is 0.116. The summed E-state index contributed by atoms with van der Waals surface area (Å²) in [4.78, 5) is 2.55. The van der Waals surface area contributed by atoms with Gasteiger partial charge in [-0.15, -0.1) is 0 Å². The Hall–Kier alpha value is -2.38. The summed E-state index contributed by atoms with van der Waals surface area (Å²) in [6.45, 7) is 11.5. The molecule has 0 bridgehead atoms. The van der Waals surface area contributed by atoms with Gasteiger partial charge in [0.25, 0.3) is 6.43 Å². The summed E-state index contributed by atoms with van der Waals surface area (Å²) in [5, 5.41) is 8.15. The summed E-state index contributed by atoms with van der Waals surface area (Å²) in [7, 11) is -0.160. The van der Waals surface area contributed by atoms with Gasteiger partial charge in [-0.2, -0.15) is 10.2 Å². The number of halogens is 2. The monoisotopic (exact) mass is 500 g/mol. The first-order valence-corrected chi connectivity index (χ1v) is 13.9. The van der Waals surface area contributed by atoms with E-state index in [1.165, 1.54) is 18.5 Å². The molecule has 2 heterocycles. The van der Waals surface area contributed by atoms with Crippen molar-refractivity contribution in [3.63, 3.8) is 0 Å². The van der Waals surface area contributed by atoms with E-state index >= 15 is 0 Å². The fourth-order valence-corrected chi connectivity index (χ4v) is 6.19. The highest BCUT2D eigenvalue weighted by atomic mass is 32.2. The molecule has 190 valence electrons. The van der Waals surface area contributed by atoms with Crippen LogP contribution >= 0.6 is 10.7 Å². The van der Waals surface area contributed by atoms with Crippen molar-refractivity contribution in [3.8, 4) is 0 Å². The van der Waals surface area contributed by atoms with Gasteiger partial charge < -0.3 is 9.21 Å². The topological polar surface area (TPSA) is 31.2 Å². The van der Waals surface area contributed by atoms with E-state index in [1.807, 2.05) is 32.0 Å². The maximum atomic E-state index is 12.9. The molecule has 1 atom stereocenters. The van der Waals surface area contributed by atoms with Gasteiger partial charge in [-0.1, -0.05) is 72.9 Å². The van der Waals surface area contributed by atoms with Gasteiger partial charge in [0.1, 0.15) is 5.71 Å². The van der Waals surface area contributed by atoms with Gasteiger partial charge in [-0.3, -0.25) is 0 Å². The van der Waals surface area contributed by atoms with Crippen LogP contribution in [-0.2, 0) is 6.54 Å². The zero-order chi connectivity index (χ0) is 25.4. The average molecular weight is 501 g/mol. The van der Waals surface area contributed by atoms with E-state index in [-0.39, 0.29) is 22.8 Å². The molecule has 0 saturated carbocycles. The number of hydrogen-bond acceptors (Lipinski definition) is 4. The molecule has 0 aliphatic carbocycles. The molecule has 0 N–H and O–H groups in total. The summed E-state index contributed by atoms with van der Waals surface area (Å²) < 4.78 is 28.2. The van der Waals surface area contributed by atoms with Gasteiger partial charge in [0.05, 0.1) is 12.3 Å². The summed E-state index contributed by atoms with van der Waals surface area (Å²) in [6.07, 6.45) is -0.101. The predicted octanol–water partition coefficient (Wildman–Crippen LogP) is 7.02. The Bertz CT molecular complexity index is 1010. The molecule has 2 aromatic carbocycles. The molecular formula is C28H38F2N4S. The van der Waals surface area contributed by atoms with Crippen LogP contribution in [0.3, 0.4) is 0 Å². The Morgan fingerprint density at radius 1 is 1.00 bits per heavy atom. The van der Waals surface area contributed by atoms with Crippen molar-refractivity contribution in [2.45, 2.75) is 71.2 Å². The molecular weight excluding hydrogens is 462 g/mol. The van der Waals surface area contributed by atoms with Gasteiger partial charge in [0, 0.05) is 23.4 Å². The first-order chi connectivity index (χ1) is 16.9. The van der Waals surface area contributed by atoms with Crippen LogP contribution in [-0.4, -0.2) is 53.0 Å². The smallest absolute Gasteiger partial charge is 0.278 e. The Morgan fingerprint density at radius 3 is 2.17 bits per heavy atom. The maximum Gasteiger partial charge on any atom is 0.278 e. The largest absolute Gasteiger partial charge is 0.318 e. The lowest BCUT2D eigenvalue weighted by molar-refractivity contribution is 0.188. The minimum Gasteiger partial charge on any atom is -0.318 e. The Balaban J connectivity index is 0.00000167. The highest BCUT2D eigenvalue weighted by Crippen LogP contribution is 2.37. The zero-order valence-electron chi connectivity index (χ0n) is 21.3. The number of piperidine rings is 1. The molecule has 0 aromatic heterocycles. The number of likely N-dealkylation sites (tertiary alicyclic amines) is 1. The maximum absolute atomic E-state index is 12.9. The molecule has 1 fully saturated rings. The second-order valence-electron chi connectivity index (χ2n) is 8.91. The third-order valence-corrected chi connectivity index (χ3v) is 8.58. The SMILES string of the molecule is C=S(C1CCN(C(C)C)CC1)N(Cc1ccc(C2=NN=C(C(F)F)C2)cc1)c1ccccc1.CC. The fraction of sp³-hybridized carbons (Fsp3) is 0.464. The Morgan fingerprint density at radius 2 is 1.63 bits per heavy atom. The molecule has 7 heteroatoms. The number of nitrogens with zero attached hydrogens (tertiary/aromatic N) is 4. The van der Waals surface area contributed by atoms with Crippen LogP contribution in [0.1, 0.15) is 58.1 Å². The number of benzene rings is 2. The van der Waals surface area contributed by atoms with Crippen molar-refractivity contribution < 1.29 is 8.78 Å². The van der Waals surface area contributed by atoms with Gasteiger partial charge in [-0.05, 0) is 63.0 Å². The predicted molar refractivity (Wildman–Crippen MR) is 149 cm³/mol. The number of alkyl halides is 2. The second kappa shape index (κ2) is 13.1. The molecule has 35 heavy (non-hydrogen) atoms. The number of anilines is 1. The van der Waals surface area contributed by atoms with E-state index in [0.717, 1.165) is 30.8 Å². The third-order valence-electron chi connectivity index (χ3n) is 6.43. The van der Waals surface area contributed by atoms with Gasteiger partial charge in [0.15, 0.2) is 0 Å². The van der Waals surface area contributed by atoms with E-state index in [0.29, 0.717) is 17.0 Å². The van der Waals surface area contributed by atoms with Crippen molar-refractivity contribution in [1.82, 2.24) is 4.90 Å². The van der Waals surface area contributed by atoms with E-state index in [1.54, 1.807) is 0 Å². The zero-order valence-corrected chi connectivity index (χ0v) is 22.1. The van der Waals surface area contributed by atoms with Crippen LogP contribution in [0.5, 0.6) is 0 Å². The normalized spacial score (nSPS) is 17.6. The number of rotatable bonds is 8. The Kier molecular flexibility index (Phi) is 10.2. The van der Waals surface area contributed by atoms with Crippen LogP contribution in [0.4, 0.5) is 14.5 Å². The summed E-state index contributed by atoms with van der Waals surface area (Å²) in [6, 6.07) is 19.1. The van der Waals surface area contributed by atoms with E-state index in [9.17, 15) is 8.78 Å². The molecule has 2 aliphatic rings. The molecule has 0 radical (unpaired) electrons. The standard InChI is InChI=1S/C26H32F2N4S.C2H6/c1-19(2)31-15-13-23(14-16-31)33(3)32(22-7-5-4-6-8-22)18-20-9-11-21(12-10-20)24-17-25(26(27)28)30-29-24;1-2/h4-12,19,23,26H,3,13-18H2,1-2H3;1-2H3. The molecule has 1 unspecified atom stereocenters. The van der Waals surface area contributed by atoms with Crippen molar-refractivity contribution >= 4 is 33.7 Å². The molecule has 4 rings (SSSR count). The molecule has 1 saturated heterocycles. The summed E-state index contributed by atoms with van der Waals surface area (Å²) >= 11 is 0. The Labute approximate surface area is 211 Å². The molecule has 2 aliphatic heterocycles. The third kappa shape index (κ3) is 7.07. The van der Waals surface area contributed by atoms with Crippen LogP contribution < -0.4 is 4.31 Å². The van der Waals surface area contributed by atoms with Crippen LogP contribution in [0.25, 0.3) is 0 Å². The van der Waals surface area contributed by atoms with Gasteiger partial charge in [-0.25, -0.2) is 8.78 Å². The molecule has 0 spiro atoms. The van der Waals surface area contributed by atoms with Crippen molar-refractivity contribution in [3.05, 3.63) is 65.7 Å². The number of hydrogen-bond donors (Lipinski definition) is 0. The first-order valence-electron chi connectivity index (χ1n) is 12.5. The fourth-order valence-electron chi connectivity index (χ4n) is 4.36. The van der Waals surface area contributed by atoms with E-state index in [4.69, 9.17) is 0 Å². The van der Waals surface area contributed by atoms with Crippen LogP contribution in [0, 0.1) is 0 Å². The van der Waals surface area contributed by atoms with Crippen molar-refractivity contribution in [2.24, 2.45) is 10.2 Å². The summed E-state index contributed by atoms with van der Waals surface area (Å²) in [5.41, 5.74) is 3.64. The lowest BCUT2D eigenvalue weighted by Gasteiger charge is -2.39. The lowest BCUT2D eigenvalue weighted by Crippen LogP contribution is -2.40. The van der Waals surface area contributed by atoms with Crippen LogP contribution in [0.2, 0.25) is 0 Å². The quantitative estimate of drug-likeness (QED) is 0.365. The van der Waals surface area contributed by atoms with Gasteiger partial charge in [0.2, 0.25) is 0 Å². The number of para-hydroxylation sites is 1. The second-order valence-corrected chi connectivity index (χ2v) is 10.8. The first kappa shape index (κ1) is 27.2. The van der Waals surface area contributed by atoms with Crippen LogP contribution in [0.15, 0.2) is 64.8 Å². The average Bonchev–Trinajstić information content (AvgIpc) is 3.40. The lowest BCUT2D eigenvalue weighted by atomic mass is 10.0. The highest BCUT2D eigenvalue weighted by molar-refractivity contribution is 8.15. The van der Waals surface area contributed by atoms with Crippen molar-refractivity contribution in [1.29, 1.82) is 0 Å².